The van der Waals surface area contributed by atoms with E-state index < -0.39 is 23.8 Å². The van der Waals surface area contributed by atoms with E-state index in [0.29, 0.717) is 22.8 Å². The molecule has 0 spiro atoms. The molecule has 0 fully saturated rings. The summed E-state index contributed by atoms with van der Waals surface area (Å²) in [5.74, 6) is -0.761. The highest BCUT2D eigenvalue weighted by Crippen LogP contribution is 2.26. The number of ether oxygens (including phenoxy) is 1. The minimum absolute atomic E-state index is 0.315. The SMILES string of the molecule is CC[C@H](C)c1ccc(OC(=O)[C@H](C)N2C(=O)c3ccccc3C2=O)cc1. The van der Waals surface area contributed by atoms with Crippen LogP contribution >= 0.6 is 0 Å². The topological polar surface area (TPSA) is 63.7 Å². The number of esters is 1. The molecule has 5 nitrogen and oxygen atoms in total. The highest BCUT2D eigenvalue weighted by Gasteiger charge is 2.41. The standard InChI is InChI=1S/C21H21NO4/c1-4-13(2)15-9-11-16(12-10-15)26-21(25)14(3)22-19(23)17-7-5-6-8-18(17)20(22)24/h5-14H,4H2,1-3H3/t13-,14-/m0/s1. The van der Waals surface area contributed by atoms with E-state index in [2.05, 4.69) is 13.8 Å². The molecule has 1 heterocycles. The van der Waals surface area contributed by atoms with Gasteiger partial charge in [-0.15, -0.1) is 0 Å². The minimum Gasteiger partial charge on any atom is -0.425 e. The maximum atomic E-state index is 12.5. The van der Waals surface area contributed by atoms with E-state index in [1.165, 1.54) is 12.5 Å². The number of hydrogen-bond donors (Lipinski definition) is 0. The summed E-state index contributed by atoms with van der Waals surface area (Å²) in [6, 6.07) is 12.8. The molecule has 5 heteroatoms. The van der Waals surface area contributed by atoms with Crippen LogP contribution in [0.2, 0.25) is 0 Å². The van der Waals surface area contributed by atoms with E-state index in [9.17, 15) is 14.4 Å². The summed E-state index contributed by atoms with van der Waals surface area (Å²) in [5.41, 5.74) is 1.80. The maximum absolute atomic E-state index is 12.5. The van der Waals surface area contributed by atoms with E-state index in [1.54, 1.807) is 36.4 Å². The summed E-state index contributed by atoms with van der Waals surface area (Å²) in [6.07, 6.45) is 1.02. The van der Waals surface area contributed by atoms with Gasteiger partial charge in [0.2, 0.25) is 0 Å². The predicted octanol–water partition coefficient (Wildman–Crippen LogP) is 3.79. The fourth-order valence-electron chi connectivity index (χ4n) is 2.97. The average Bonchev–Trinajstić information content (AvgIpc) is 2.92. The molecule has 2 amide bonds. The van der Waals surface area contributed by atoms with E-state index in [1.807, 2.05) is 12.1 Å². The van der Waals surface area contributed by atoms with Crippen molar-refractivity contribution in [3.63, 3.8) is 0 Å². The highest BCUT2D eigenvalue weighted by atomic mass is 16.5. The number of rotatable bonds is 5. The summed E-state index contributed by atoms with van der Waals surface area (Å²) in [7, 11) is 0. The van der Waals surface area contributed by atoms with Crippen LogP contribution in [0.25, 0.3) is 0 Å². The molecule has 0 saturated carbocycles. The Morgan fingerprint density at radius 2 is 1.50 bits per heavy atom. The van der Waals surface area contributed by atoms with Crippen LogP contribution in [-0.2, 0) is 4.79 Å². The van der Waals surface area contributed by atoms with Crippen LogP contribution in [0, 0.1) is 0 Å². The maximum Gasteiger partial charge on any atom is 0.334 e. The van der Waals surface area contributed by atoms with Gasteiger partial charge in [-0.2, -0.15) is 0 Å². The van der Waals surface area contributed by atoms with Crippen molar-refractivity contribution in [3.05, 3.63) is 65.2 Å². The lowest BCUT2D eigenvalue weighted by atomic mass is 9.99. The average molecular weight is 351 g/mol. The van der Waals surface area contributed by atoms with Gasteiger partial charge in [-0.3, -0.25) is 14.5 Å². The third-order valence-electron chi connectivity index (χ3n) is 4.83. The highest BCUT2D eigenvalue weighted by molar-refractivity contribution is 6.22. The predicted molar refractivity (Wildman–Crippen MR) is 97.2 cm³/mol. The lowest BCUT2D eigenvalue weighted by molar-refractivity contribution is -0.138. The molecule has 0 saturated heterocycles. The van der Waals surface area contributed by atoms with Gasteiger partial charge in [0.05, 0.1) is 11.1 Å². The Kier molecular flexibility index (Phi) is 4.89. The molecule has 0 aromatic heterocycles. The third-order valence-corrected chi connectivity index (χ3v) is 4.83. The van der Waals surface area contributed by atoms with E-state index in [4.69, 9.17) is 4.74 Å². The van der Waals surface area contributed by atoms with Gasteiger partial charge in [0, 0.05) is 0 Å². The smallest absolute Gasteiger partial charge is 0.334 e. The first-order valence-electron chi connectivity index (χ1n) is 8.72. The Bertz CT molecular complexity index is 822. The summed E-state index contributed by atoms with van der Waals surface area (Å²) < 4.78 is 5.37. The minimum atomic E-state index is -1.00. The molecule has 0 N–H and O–H groups in total. The monoisotopic (exact) mass is 351 g/mol. The Hall–Kier alpha value is -2.95. The molecule has 0 unspecified atom stereocenters. The molecule has 134 valence electrons. The normalized spacial score (nSPS) is 15.6. The molecule has 0 bridgehead atoms. The second kappa shape index (κ2) is 7.12. The van der Waals surface area contributed by atoms with Gasteiger partial charge < -0.3 is 4.74 Å². The molecule has 1 aliphatic rings. The number of fused-ring (bicyclic) bond motifs is 1. The molecule has 2 atom stereocenters. The molecular weight excluding hydrogens is 330 g/mol. The lowest BCUT2D eigenvalue weighted by Gasteiger charge is -2.21. The number of nitrogens with zero attached hydrogens (tertiary/aromatic N) is 1. The molecule has 2 aromatic carbocycles. The van der Waals surface area contributed by atoms with Crippen LogP contribution in [0.5, 0.6) is 5.75 Å². The van der Waals surface area contributed by atoms with Gasteiger partial charge in [0.25, 0.3) is 11.8 Å². The molecular formula is C21H21NO4. The van der Waals surface area contributed by atoms with Crippen molar-refractivity contribution >= 4 is 17.8 Å². The van der Waals surface area contributed by atoms with Gasteiger partial charge in [-0.05, 0) is 49.1 Å². The zero-order chi connectivity index (χ0) is 18.8. The molecule has 2 aromatic rings. The van der Waals surface area contributed by atoms with E-state index in [0.717, 1.165) is 11.3 Å². The number of carbonyl (C=O) groups is 3. The quantitative estimate of drug-likeness (QED) is 0.467. The van der Waals surface area contributed by atoms with Crippen LogP contribution in [-0.4, -0.2) is 28.7 Å². The van der Waals surface area contributed by atoms with Crippen molar-refractivity contribution in [2.45, 2.75) is 39.2 Å². The first-order valence-corrected chi connectivity index (χ1v) is 8.72. The number of benzene rings is 2. The van der Waals surface area contributed by atoms with Crippen molar-refractivity contribution in [2.75, 3.05) is 0 Å². The van der Waals surface area contributed by atoms with Crippen molar-refractivity contribution in [1.82, 2.24) is 4.90 Å². The van der Waals surface area contributed by atoms with Gasteiger partial charge >= 0.3 is 5.97 Å². The van der Waals surface area contributed by atoms with E-state index >= 15 is 0 Å². The van der Waals surface area contributed by atoms with Crippen molar-refractivity contribution in [3.8, 4) is 5.75 Å². The summed E-state index contributed by atoms with van der Waals surface area (Å²) >= 11 is 0. The number of hydrogen-bond acceptors (Lipinski definition) is 4. The number of carbonyl (C=O) groups excluding carboxylic acids is 3. The van der Waals surface area contributed by atoms with Gasteiger partial charge in [-0.25, -0.2) is 4.79 Å². The summed E-state index contributed by atoms with van der Waals surface area (Å²) in [4.78, 5) is 38.3. The van der Waals surface area contributed by atoms with Crippen molar-refractivity contribution in [1.29, 1.82) is 0 Å². The molecule has 26 heavy (non-hydrogen) atoms. The Morgan fingerprint density at radius 1 is 0.962 bits per heavy atom. The van der Waals surface area contributed by atoms with Crippen LogP contribution in [0.15, 0.2) is 48.5 Å². The second-order valence-electron chi connectivity index (χ2n) is 6.50. The van der Waals surface area contributed by atoms with Crippen LogP contribution in [0.4, 0.5) is 0 Å². The molecule has 1 aliphatic heterocycles. The molecule has 0 radical (unpaired) electrons. The fraction of sp³-hybridized carbons (Fsp3) is 0.286. The second-order valence-corrected chi connectivity index (χ2v) is 6.50. The van der Waals surface area contributed by atoms with Crippen LogP contribution in [0.1, 0.15) is 59.4 Å². The van der Waals surface area contributed by atoms with Gasteiger partial charge in [0.1, 0.15) is 11.8 Å². The van der Waals surface area contributed by atoms with Crippen molar-refractivity contribution < 1.29 is 19.1 Å². The van der Waals surface area contributed by atoms with Gasteiger partial charge in [-0.1, -0.05) is 38.1 Å². The van der Waals surface area contributed by atoms with Crippen molar-refractivity contribution in [2.24, 2.45) is 0 Å². The fourth-order valence-corrected chi connectivity index (χ4v) is 2.97. The summed E-state index contributed by atoms with van der Waals surface area (Å²) in [6.45, 7) is 5.74. The zero-order valence-electron chi connectivity index (χ0n) is 15.1. The molecule has 3 rings (SSSR count). The third kappa shape index (κ3) is 3.12. The Morgan fingerprint density at radius 3 is 2.00 bits per heavy atom. The Labute approximate surface area is 152 Å². The molecule has 0 aliphatic carbocycles. The van der Waals surface area contributed by atoms with E-state index in [-0.39, 0.29) is 0 Å². The van der Waals surface area contributed by atoms with Crippen LogP contribution < -0.4 is 4.74 Å². The van der Waals surface area contributed by atoms with Crippen LogP contribution in [0.3, 0.4) is 0 Å². The lowest BCUT2D eigenvalue weighted by Crippen LogP contribution is -2.44. The zero-order valence-corrected chi connectivity index (χ0v) is 15.1. The summed E-state index contributed by atoms with van der Waals surface area (Å²) in [5, 5.41) is 0. The van der Waals surface area contributed by atoms with Gasteiger partial charge in [0.15, 0.2) is 0 Å². The number of amides is 2. The Balaban J connectivity index is 1.73. The number of imide groups is 1. The first-order chi connectivity index (χ1) is 12.4. The first kappa shape index (κ1) is 17.9. The largest absolute Gasteiger partial charge is 0.425 e.